The maximum atomic E-state index is 11.8. The third-order valence-corrected chi connectivity index (χ3v) is 2.97. The van der Waals surface area contributed by atoms with E-state index in [-0.39, 0.29) is 11.6 Å². The third-order valence-electron chi connectivity index (χ3n) is 2.97. The normalized spacial score (nSPS) is 11.0. The Morgan fingerprint density at radius 3 is 2.29 bits per heavy atom. The minimum Gasteiger partial charge on any atom is -0.494 e. The topological polar surface area (TPSA) is 63.6 Å². The Hall–Kier alpha value is -1.94. The fraction of sp³-hybridized carbons (Fsp3) is 0.412. The summed E-state index contributed by atoms with van der Waals surface area (Å²) in [7, 11) is 0. The van der Waals surface area contributed by atoms with E-state index < -0.39 is 5.60 Å². The van der Waals surface area contributed by atoms with Gasteiger partial charge in [0.15, 0.2) is 11.6 Å². The molecule has 0 bridgehead atoms. The summed E-state index contributed by atoms with van der Waals surface area (Å²) in [6.07, 6.45) is 1.04. The molecule has 0 aliphatic carbocycles. The number of hydrogen-bond donors (Lipinski definition) is 1. The summed E-state index contributed by atoms with van der Waals surface area (Å²) in [6.45, 7) is 8.63. The predicted octanol–water partition coefficient (Wildman–Crippen LogP) is 2.94. The Kier molecular flexibility index (Phi) is 5.85. The van der Waals surface area contributed by atoms with Crippen molar-refractivity contribution in [3.05, 3.63) is 42.0 Å². The van der Waals surface area contributed by atoms with E-state index in [9.17, 15) is 14.7 Å². The molecule has 0 atom stereocenters. The van der Waals surface area contributed by atoms with Gasteiger partial charge in [-0.2, -0.15) is 0 Å². The van der Waals surface area contributed by atoms with Gasteiger partial charge in [0, 0.05) is 12.0 Å². The number of allylic oxidation sites excluding steroid dienone is 1. The molecule has 0 saturated carbocycles. The van der Waals surface area contributed by atoms with E-state index in [1.807, 2.05) is 0 Å². The lowest BCUT2D eigenvalue weighted by atomic mass is 9.97. The van der Waals surface area contributed by atoms with E-state index in [1.54, 1.807) is 31.2 Å². The first-order chi connectivity index (χ1) is 9.71. The third kappa shape index (κ3) is 5.52. The Morgan fingerprint density at radius 2 is 1.81 bits per heavy atom. The first-order valence-electron chi connectivity index (χ1n) is 6.90. The molecule has 1 N–H and O–H groups in total. The standard InChI is InChI=1S/C17H22O4/c1-12(2)15(18)6-5-11-21-14-9-7-13(8-10-14)16(19)17(3,4)20/h7-10,20H,1,5-6,11H2,2-4H3. The van der Waals surface area contributed by atoms with Gasteiger partial charge < -0.3 is 9.84 Å². The van der Waals surface area contributed by atoms with Crippen molar-refractivity contribution in [1.29, 1.82) is 0 Å². The van der Waals surface area contributed by atoms with E-state index in [1.165, 1.54) is 13.8 Å². The first kappa shape index (κ1) is 17.1. The molecule has 0 heterocycles. The quantitative estimate of drug-likeness (QED) is 0.454. The number of benzene rings is 1. The number of ketones is 2. The Bertz CT molecular complexity index is 521. The molecular weight excluding hydrogens is 268 g/mol. The summed E-state index contributed by atoms with van der Waals surface area (Å²) >= 11 is 0. The molecule has 4 nitrogen and oxygen atoms in total. The molecule has 1 aromatic rings. The molecule has 1 rings (SSSR count). The number of hydrogen-bond acceptors (Lipinski definition) is 4. The van der Waals surface area contributed by atoms with Gasteiger partial charge in [-0.1, -0.05) is 6.58 Å². The lowest BCUT2D eigenvalue weighted by molar-refractivity contribution is -0.115. The first-order valence-corrected chi connectivity index (χ1v) is 6.90. The van der Waals surface area contributed by atoms with Crippen LogP contribution in [0.15, 0.2) is 36.4 Å². The molecular formula is C17H22O4. The van der Waals surface area contributed by atoms with Crippen LogP contribution >= 0.6 is 0 Å². The molecule has 0 unspecified atom stereocenters. The van der Waals surface area contributed by atoms with Crippen molar-refractivity contribution in [3.8, 4) is 5.75 Å². The van der Waals surface area contributed by atoms with Gasteiger partial charge in [-0.05, 0) is 57.0 Å². The molecule has 0 aliphatic rings. The molecule has 0 amide bonds. The largest absolute Gasteiger partial charge is 0.494 e. The maximum absolute atomic E-state index is 11.8. The lowest BCUT2D eigenvalue weighted by Gasteiger charge is -2.15. The van der Waals surface area contributed by atoms with Crippen LogP contribution < -0.4 is 4.74 Å². The molecule has 0 aromatic heterocycles. The monoisotopic (exact) mass is 290 g/mol. The maximum Gasteiger partial charge on any atom is 0.193 e. The van der Waals surface area contributed by atoms with Crippen molar-refractivity contribution in [3.63, 3.8) is 0 Å². The van der Waals surface area contributed by atoms with E-state index in [0.717, 1.165) is 0 Å². The van der Waals surface area contributed by atoms with Crippen molar-refractivity contribution in [1.82, 2.24) is 0 Å². The fourth-order valence-electron chi connectivity index (χ4n) is 1.69. The van der Waals surface area contributed by atoms with Gasteiger partial charge in [-0.25, -0.2) is 0 Å². The van der Waals surface area contributed by atoms with Gasteiger partial charge in [-0.15, -0.1) is 0 Å². The molecule has 4 heteroatoms. The molecule has 1 aromatic carbocycles. The van der Waals surface area contributed by atoms with Crippen molar-refractivity contribution < 1.29 is 19.4 Å². The second-order valence-corrected chi connectivity index (χ2v) is 5.57. The highest BCUT2D eigenvalue weighted by atomic mass is 16.5. The molecule has 0 radical (unpaired) electrons. The molecule has 0 aliphatic heterocycles. The number of rotatable bonds is 8. The summed E-state index contributed by atoms with van der Waals surface area (Å²) in [5.74, 6) is 0.343. The lowest BCUT2D eigenvalue weighted by Crippen LogP contribution is -2.30. The highest BCUT2D eigenvalue weighted by Gasteiger charge is 2.24. The van der Waals surface area contributed by atoms with Gasteiger partial charge in [0.2, 0.25) is 0 Å². The van der Waals surface area contributed by atoms with Gasteiger partial charge in [0.1, 0.15) is 11.4 Å². The van der Waals surface area contributed by atoms with Crippen LogP contribution in [0.3, 0.4) is 0 Å². The van der Waals surface area contributed by atoms with Crippen LogP contribution in [0.5, 0.6) is 5.75 Å². The summed E-state index contributed by atoms with van der Waals surface area (Å²) in [4.78, 5) is 23.2. The summed E-state index contributed by atoms with van der Waals surface area (Å²) < 4.78 is 5.50. The number of carbonyl (C=O) groups is 2. The van der Waals surface area contributed by atoms with Crippen LogP contribution in [-0.4, -0.2) is 28.9 Å². The minimum atomic E-state index is -1.38. The van der Waals surface area contributed by atoms with E-state index in [4.69, 9.17) is 4.74 Å². The fourth-order valence-corrected chi connectivity index (χ4v) is 1.69. The predicted molar refractivity (Wildman–Crippen MR) is 81.6 cm³/mol. The summed E-state index contributed by atoms with van der Waals surface area (Å²) in [6, 6.07) is 6.60. The number of ether oxygens (including phenoxy) is 1. The van der Waals surface area contributed by atoms with Gasteiger partial charge in [0.25, 0.3) is 0 Å². The van der Waals surface area contributed by atoms with Crippen molar-refractivity contribution in [2.24, 2.45) is 0 Å². The Morgan fingerprint density at radius 1 is 1.24 bits per heavy atom. The Labute approximate surface area is 125 Å². The van der Waals surface area contributed by atoms with E-state index in [0.29, 0.717) is 36.3 Å². The van der Waals surface area contributed by atoms with Gasteiger partial charge >= 0.3 is 0 Å². The minimum absolute atomic E-state index is 0.0460. The van der Waals surface area contributed by atoms with Crippen LogP contribution in [0.4, 0.5) is 0 Å². The SMILES string of the molecule is C=C(C)C(=O)CCCOc1ccc(C(=O)C(C)(C)O)cc1. The zero-order valence-corrected chi connectivity index (χ0v) is 12.8. The van der Waals surface area contributed by atoms with Crippen LogP contribution in [0.2, 0.25) is 0 Å². The molecule has 0 saturated heterocycles. The molecule has 0 spiro atoms. The van der Waals surface area contributed by atoms with Crippen molar-refractivity contribution in [2.45, 2.75) is 39.2 Å². The smallest absolute Gasteiger partial charge is 0.193 e. The average Bonchev–Trinajstić information content (AvgIpc) is 2.42. The highest BCUT2D eigenvalue weighted by molar-refractivity contribution is 6.01. The number of Topliss-reactive ketones (excluding diaryl/α,β-unsaturated/α-hetero) is 2. The summed E-state index contributed by atoms with van der Waals surface area (Å²) in [5.41, 5.74) is -0.387. The second-order valence-electron chi connectivity index (χ2n) is 5.57. The number of aliphatic hydroxyl groups is 1. The van der Waals surface area contributed by atoms with Crippen molar-refractivity contribution >= 4 is 11.6 Å². The highest BCUT2D eigenvalue weighted by Crippen LogP contribution is 2.17. The second kappa shape index (κ2) is 7.18. The molecule has 114 valence electrons. The number of carbonyl (C=O) groups excluding carboxylic acids is 2. The molecule has 21 heavy (non-hydrogen) atoms. The average molecular weight is 290 g/mol. The van der Waals surface area contributed by atoms with Gasteiger partial charge in [-0.3, -0.25) is 9.59 Å². The van der Waals surface area contributed by atoms with Crippen LogP contribution in [0.25, 0.3) is 0 Å². The van der Waals surface area contributed by atoms with Crippen molar-refractivity contribution in [2.75, 3.05) is 6.61 Å². The van der Waals surface area contributed by atoms with Gasteiger partial charge in [0.05, 0.1) is 6.61 Å². The van der Waals surface area contributed by atoms with E-state index in [2.05, 4.69) is 6.58 Å². The van der Waals surface area contributed by atoms with E-state index >= 15 is 0 Å². The van der Waals surface area contributed by atoms with Crippen LogP contribution in [0.1, 0.15) is 44.0 Å². The van der Waals surface area contributed by atoms with Crippen LogP contribution in [0, 0.1) is 0 Å². The van der Waals surface area contributed by atoms with Crippen LogP contribution in [-0.2, 0) is 4.79 Å². The zero-order chi connectivity index (χ0) is 16.0. The zero-order valence-electron chi connectivity index (χ0n) is 12.8. The Balaban J connectivity index is 2.47. The molecule has 0 fully saturated rings. The summed E-state index contributed by atoms with van der Waals surface area (Å²) in [5, 5.41) is 9.66.